The van der Waals surface area contributed by atoms with Crippen LogP contribution < -0.4 is 37.6 Å². The van der Waals surface area contributed by atoms with Gasteiger partial charge in [-0.15, -0.1) is 0 Å². The number of carbonyl (C=O) groups excluding carboxylic acids is 7. The van der Waals surface area contributed by atoms with Crippen molar-refractivity contribution in [3.05, 3.63) is 35.4 Å². The van der Waals surface area contributed by atoms with Gasteiger partial charge in [-0.3, -0.25) is 47.9 Å². The molecular weight excluding hydrogens is 821 g/mol. The number of carbonyl (C=O) groups is 12. The van der Waals surface area contributed by atoms with Gasteiger partial charge in [0.05, 0.1) is 12.8 Å². The van der Waals surface area contributed by atoms with Gasteiger partial charge in [-0.25, -0.2) is 14.0 Å². The summed E-state index contributed by atoms with van der Waals surface area (Å²) in [5.74, 6) is -17.3. The minimum Gasteiger partial charge on any atom is -0.481 e. The van der Waals surface area contributed by atoms with Gasteiger partial charge >= 0.3 is 35.5 Å². The first kappa shape index (κ1) is 51.8. The Balaban J connectivity index is 3.52. The van der Waals surface area contributed by atoms with Crippen molar-refractivity contribution >= 4 is 71.2 Å². The van der Waals surface area contributed by atoms with Crippen molar-refractivity contribution in [2.75, 3.05) is 0 Å². The number of hydrogen-bond acceptors (Lipinski definition) is 12. The topological polar surface area (TPSA) is 404 Å². The van der Waals surface area contributed by atoms with Crippen molar-refractivity contribution in [3.63, 3.8) is 0 Å². The third-order valence-electron chi connectivity index (χ3n) is 8.50. The summed E-state index contributed by atoms with van der Waals surface area (Å²) in [6.07, 6.45) is -4.06. The second-order valence-electron chi connectivity index (χ2n) is 14.1. The van der Waals surface area contributed by atoms with Crippen LogP contribution in [0.3, 0.4) is 0 Å². The number of hydrogen-bond donors (Lipinski definition) is 12. The minimum absolute atomic E-state index is 0.0217. The van der Waals surface area contributed by atoms with Crippen molar-refractivity contribution in [1.82, 2.24) is 31.9 Å². The summed E-state index contributed by atoms with van der Waals surface area (Å²) in [6.45, 7) is 5.44. The molecule has 0 saturated carbocycles. The average molecular weight is 870 g/mol. The third-order valence-corrected chi connectivity index (χ3v) is 8.50. The molecule has 336 valence electrons. The van der Waals surface area contributed by atoms with Crippen LogP contribution in [0.2, 0.25) is 0 Å². The second kappa shape index (κ2) is 23.4. The molecule has 0 heterocycles. The van der Waals surface area contributed by atoms with Gasteiger partial charge in [0.15, 0.2) is 0 Å². The van der Waals surface area contributed by atoms with Gasteiger partial charge in [-0.1, -0.05) is 38.1 Å². The van der Waals surface area contributed by atoms with E-state index >= 15 is 0 Å². The fraction of sp³-hybridized carbons (Fsp3) is 0.500. The van der Waals surface area contributed by atoms with Crippen LogP contribution in [0.25, 0.3) is 0 Å². The fourth-order valence-corrected chi connectivity index (χ4v) is 5.41. The van der Waals surface area contributed by atoms with E-state index in [-0.39, 0.29) is 17.9 Å². The Labute approximate surface area is 345 Å². The molecule has 0 aromatic heterocycles. The number of benzene rings is 1. The van der Waals surface area contributed by atoms with E-state index in [1.807, 2.05) is 5.32 Å². The normalized spacial score (nSPS) is 14.0. The Morgan fingerprint density at radius 2 is 1.02 bits per heavy atom. The van der Waals surface area contributed by atoms with Crippen LogP contribution in [-0.2, 0) is 69.6 Å². The Morgan fingerprint density at radius 1 is 0.590 bits per heavy atom. The zero-order valence-corrected chi connectivity index (χ0v) is 33.2. The second-order valence-corrected chi connectivity index (χ2v) is 14.1. The van der Waals surface area contributed by atoms with Gasteiger partial charge in [0.2, 0.25) is 41.4 Å². The first-order valence-electron chi connectivity index (χ1n) is 18.2. The maximum Gasteiger partial charge on any atom is 0.358 e. The third kappa shape index (κ3) is 16.9. The monoisotopic (exact) mass is 869 g/mol. The van der Waals surface area contributed by atoms with E-state index in [4.69, 9.17) is 10.8 Å². The molecule has 0 aliphatic carbocycles. The molecule has 0 spiro atoms. The summed E-state index contributed by atoms with van der Waals surface area (Å²) < 4.78 is 15.0. The quantitative estimate of drug-likeness (QED) is 0.0409. The zero-order valence-electron chi connectivity index (χ0n) is 33.2. The Bertz CT molecular complexity index is 1840. The summed E-state index contributed by atoms with van der Waals surface area (Å²) in [6, 6.07) is -6.52. The molecule has 0 aliphatic heterocycles. The van der Waals surface area contributed by atoms with Crippen LogP contribution in [0.1, 0.15) is 70.9 Å². The Kier molecular flexibility index (Phi) is 19.9. The average Bonchev–Trinajstić information content (AvgIpc) is 3.13. The van der Waals surface area contributed by atoms with E-state index in [9.17, 15) is 82.4 Å². The van der Waals surface area contributed by atoms with Crippen molar-refractivity contribution in [2.24, 2.45) is 11.7 Å². The van der Waals surface area contributed by atoms with Gasteiger partial charge < -0.3 is 63.2 Å². The highest BCUT2D eigenvalue weighted by Gasteiger charge is 2.49. The minimum atomic E-state index is -3.87. The molecule has 7 amide bonds. The summed E-state index contributed by atoms with van der Waals surface area (Å²) in [7, 11) is 0. The number of aliphatic carboxylic acids is 5. The molecule has 61 heavy (non-hydrogen) atoms. The Hall–Kier alpha value is -7.21. The molecule has 6 atom stereocenters. The van der Waals surface area contributed by atoms with Gasteiger partial charge in [0.25, 0.3) is 0 Å². The molecule has 1 aromatic carbocycles. The van der Waals surface area contributed by atoms with Crippen LogP contribution >= 0.6 is 0 Å². The van der Waals surface area contributed by atoms with Crippen molar-refractivity contribution in [3.8, 4) is 0 Å². The van der Waals surface area contributed by atoms with E-state index < -0.39 is 151 Å². The number of amides is 7. The number of rotatable bonds is 26. The predicted molar refractivity (Wildman–Crippen MR) is 201 cm³/mol. The van der Waals surface area contributed by atoms with Crippen molar-refractivity contribution in [2.45, 2.75) is 108 Å². The van der Waals surface area contributed by atoms with Gasteiger partial charge in [-0.05, 0) is 31.2 Å². The summed E-state index contributed by atoms with van der Waals surface area (Å²) >= 11 is 0. The highest BCUT2D eigenvalue weighted by molar-refractivity contribution is 6.03. The van der Waals surface area contributed by atoms with Gasteiger partial charge in [-0.2, -0.15) is 0 Å². The number of primary amides is 1. The number of carboxylic acids is 5. The first-order chi connectivity index (χ1) is 28.2. The van der Waals surface area contributed by atoms with Gasteiger partial charge in [0, 0.05) is 25.3 Å². The number of carboxylic acid groups (broad SMARTS) is 5. The summed E-state index contributed by atoms with van der Waals surface area (Å²) in [5.41, 5.74) is 0.802. The molecular formula is C36H48FN7O17. The summed E-state index contributed by atoms with van der Waals surface area (Å²) in [5, 5.41) is 59.3. The lowest BCUT2D eigenvalue weighted by atomic mass is 9.93. The van der Waals surface area contributed by atoms with Crippen LogP contribution in [0.4, 0.5) is 4.39 Å². The molecule has 0 radical (unpaired) electrons. The molecule has 1 rings (SSSR count). The van der Waals surface area contributed by atoms with E-state index in [0.717, 1.165) is 38.1 Å². The van der Waals surface area contributed by atoms with Gasteiger partial charge in [0.1, 0.15) is 36.3 Å². The zero-order chi connectivity index (χ0) is 46.9. The lowest BCUT2D eigenvalue weighted by Gasteiger charge is -2.27. The maximum absolute atomic E-state index is 15.0. The molecule has 24 nitrogen and oxygen atoms in total. The highest BCUT2D eigenvalue weighted by Crippen LogP contribution is 2.27. The maximum atomic E-state index is 15.0. The molecule has 13 N–H and O–H groups in total. The van der Waals surface area contributed by atoms with E-state index in [2.05, 4.69) is 26.6 Å². The number of alkyl halides is 1. The highest BCUT2D eigenvalue weighted by atomic mass is 19.1. The molecule has 1 aromatic rings. The first-order valence-corrected chi connectivity index (χ1v) is 18.2. The fourth-order valence-electron chi connectivity index (χ4n) is 5.41. The number of nitrogens with two attached hydrogens (primary N) is 1. The molecule has 0 saturated heterocycles. The number of nitrogens with one attached hydrogen (secondary N) is 6. The van der Waals surface area contributed by atoms with Crippen LogP contribution in [0, 0.1) is 5.92 Å². The van der Waals surface area contributed by atoms with Crippen LogP contribution in [0.5, 0.6) is 0 Å². The standard InChI is InChI=1S/C36H48FN7O17/c1-15(2)11-21(28(38)52)42-32(56)22(12-18-5-7-19(8-6-18)36(37,34(58)59)35(60)61)44-30(54)20(9-10-25(46)47)41-33(57)24(14-27(50)51)43-29(53)16(3)39-31(55)23(13-26(48)49)40-17(4)45/h5-8,15-16,20-24H,9-14H2,1-4H3,(H2,38,52)(H,39,55)(H,40,45)(H,41,57)(H,42,56)(H,43,53)(H,44,54)(H,46,47)(H,48,49)(H,50,51)(H,58,59)(H,60,61)/t16-,20-,21-,22-,23-,24-/m0/s1. The molecule has 25 heteroatoms. The van der Waals surface area contributed by atoms with E-state index in [1.165, 1.54) is 0 Å². The molecule has 0 unspecified atom stereocenters. The van der Waals surface area contributed by atoms with Crippen LogP contribution in [0.15, 0.2) is 24.3 Å². The van der Waals surface area contributed by atoms with Crippen molar-refractivity contribution < 1.29 is 87.5 Å². The Morgan fingerprint density at radius 3 is 1.46 bits per heavy atom. The van der Waals surface area contributed by atoms with Crippen molar-refractivity contribution in [1.29, 1.82) is 0 Å². The van der Waals surface area contributed by atoms with E-state index in [1.54, 1.807) is 13.8 Å². The number of halogens is 1. The lowest BCUT2D eigenvalue weighted by Crippen LogP contribution is -2.60. The molecule has 0 aliphatic rings. The largest absolute Gasteiger partial charge is 0.481 e. The lowest BCUT2D eigenvalue weighted by molar-refractivity contribution is -0.168. The molecule has 0 fully saturated rings. The van der Waals surface area contributed by atoms with Crippen LogP contribution in [-0.4, -0.2) is 133 Å². The molecule has 0 bridgehead atoms. The SMILES string of the molecule is CC(=O)N[C@@H](CC(=O)O)C(=O)N[C@@H](C)C(=O)N[C@@H](CC(=O)O)C(=O)N[C@@H](CCC(=O)O)C(=O)N[C@@H](Cc1ccc(C(F)(C(=O)O)C(=O)O)cc1)C(=O)N[C@@H](CC(C)C)C(N)=O. The summed E-state index contributed by atoms with van der Waals surface area (Å²) in [4.78, 5) is 147. The van der Waals surface area contributed by atoms with E-state index in [0.29, 0.717) is 0 Å². The predicted octanol–water partition coefficient (Wildman–Crippen LogP) is -3.14. The smallest absolute Gasteiger partial charge is 0.358 e.